The molecule has 5 aromatic rings. The molecule has 0 aliphatic heterocycles. The first-order valence-electron chi connectivity index (χ1n) is 13.2. The van der Waals surface area contributed by atoms with Crippen molar-refractivity contribution in [1.82, 2.24) is 24.4 Å². The van der Waals surface area contributed by atoms with Gasteiger partial charge < -0.3 is 9.32 Å². The SMILES string of the molecule is CN(C)Cc1ccc(Cc2ncc3cc(/C=C/CCC(=O)c4cncn(Cc5ccco5)c4=O)ccc3n2)cc1. The molecule has 0 fully saturated rings. The smallest absolute Gasteiger partial charge is 0.264 e. The first-order valence-corrected chi connectivity index (χ1v) is 13.2. The van der Waals surface area contributed by atoms with Crippen LogP contribution in [-0.2, 0) is 19.5 Å². The van der Waals surface area contributed by atoms with Crippen LogP contribution in [0.2, 0.25) is 0 Å². The number of carbonyl (C=O) groups is 1. The van der Waals surface area contributed by atoms with Gasteiger partial charge in [-0.05, 0) is 61.5 Å². The van der Waals surface area contributed by atoms with Crippen molar-refractivity contribution in [2.75, 3.05) is 14.1 Å². The molecule has 0 unspecified atom stereocenters. The molecule has 0 bridgehead atoms. The van der Waals surface area contributed by atoms with E-state index in [1.807, 2.05) is 36.5 Å². The Bertz CT molecular complexity index is 1690. The van der Waals surface area contributed by atoms with Gasteiger partial charge in [0.15, 0.2) is 5.78 Å². The minimum absolute atomic E-state index is 0.0885. The Morgan fingerprint density at radius 3 is 2.65 bits per heavy atom. The second kappa shape index (κ2) is 12.4. The number of hydrogen-bond acceptors (Lipinski definition) is 7. The molecule has 2 aromatic carbocycles. The van der Waals surface area contributed by atoms with E-state index < -0.39 is 0 Å². The average Bonchev–Trinajstić information content (AvgIpc) is 3.46. The third-order valence-corrected chi connectivity index (χ3v) is 6.49. The van der Waals surface area contributed by atoms with Crippen LogP contribution in [0.4, 0.5) is 0 Å². The summed E-state index contributed by atoms with van der Waals surface area (Å²) in [4.78, 5) is 40.9. The zero-order valence-electron chi connectivity index (χ0n) is 22.7. The highest BCUT2D eigenvalue weighted by atomic mass is 16.3. The summed E-state index contributed by atoms with van der Waals surface area (Å²) in [6.07, 6.45) is 11.5. The van der Waals surface area contributed by atoms with Crippen LogP contribution in [-0.4, -0.2) is 44.3 Å². The van der Waals surface area contributed by atoms with E-state index >= 15 is 0 Å². The summed E-state index contributed by atoms with van der Waals surface area (Å²) in [6, 6.07) is 18.1. The maximum Gasteiger partial charge on any atom is 0.264 e. The highest BCUT2D eigenvalue weighted by Gasteiger charge is 2.13. The molecule has 0 saturated heterocycles. The van der Waals surface area contributed by atoms with Crippen molar-refractivity contribution in [2.45, 2.75) is 32.4 Å². The zero-order chi connectivity index (χ0) is 27.9. The van der Waals surface area contributed by atoms with E-state index in [2.05, 4.69) is 53.2 Å². The van der Waals surface area contributed by atoms with Crippen LogP contribution in [0.3, 0.4) is 0 Å². The standard InChI is InChI=1S/C32H31N5O3/c1-36(2)20-25-11-9-24(10-12-25)17-31-34-18-26-16-23(13-14-29(26)35-31)6-3-4-8-30(38)28-19-33-22-37(32(28)39)21-27-7-5-15-40-27/h3,5-7,9-16,18-19,22H,4,8,17,20-21H2,1-2H3/b6-3+. The Kier molecular flexibility index (Phi) is 8.37. The van der Waals surface area contributed by atoms with Gasteiger partial charge >= 0.3 is 0 Å². The molecule has 202 valence electrons. The number of furan rings is 1. The minimum Gasteiger partial charge on any atom is -0.467 e. The number of allylic oxidation sites excluding steroid dienone is 1. The molecule has 0 aliphatic carbocycles. The van der Waals surface area contributed by atoms with Crippen molar-refractivity contribution < 1.29 is 9.21 Å². The van der Waals surface area contributed by atoms with Crippen molar-refractivity contribution >= 4 is 22.8 Å². The van der Waals surface area contributed by atoms with Gasteiger partial charge in [-0.25, -0.2) is 15.0 Å². The van der Waals surface area contributed by atoms with Gasteiger partial charge in [0.1, 0.15) is 17.1 Å². The Hall–Kier alpha value is -4.69. The Balaban J connectivity index is 1.18. The zero-order valence-corrected chi connectivity index (χ0v) is 22.7. The van der Waals surface area contributed by atoms with Crippen molar-refractivity contribution in [3.8, 4) is 0 Å². The summed E-state index contributed by atoms with van der Waals surface area (Å²) >= 11 is 0. The lowest BCUT2D eigenvalue weighted by Crippen LogP contribution is -2.26. The Morgan fingerprint density at radius 1 is 1.05 bits per heavy atom. The molecular formula is C32H31N5O3. The molecule has 0 aliphatic rings. The molecule has 0 radical (unpaired) electrons. The Labute approximate surface area is 232 Å². The average molecular weight is 534 g/mol. The fourth-order valence-corrected chi connectivity index (χ4v) is 4.48. The monoisotopic (exact) mass is 533 g/mol. The van der Waals surface area contributed by atoms with E-state index in [4.69, 9.17) is 9.40 Å². The van der Waals surface area contributed by atoms with Crippen molar-refractivity contribution in [3.05, 3.63) is 130 Å². The predicted octanol–water partition coefficient (Wildman–Crippen LogP) is 5.16. The molecule has 40 heavy (non-hydrogen) atoms. The minimum atomic E-state index is -0.365. The van der Waals surface area contributed by atoms with E-state index in [0.29, 0.717) is 18.6 Å². The second-order valence-electron chi connectivity index (χ2n) is 10.0. The molecule has 3 aromatic heterocycles. The highest BCUT2D eigenvalue weighted by molar-refractivity contribution is 5.95. The third-order valence-electron chi connectivity index (χ3n) is 6.49. The fourth-order valence-electron chi connectivity index (χ4n) is 4.48. The van der Waals surface area contributed by atoms with Crippen molar-refractivity contribution in [2.24, 2.45) is 0 Å². The molecule has 0 N–H and O–H groups in total. The topological polar surface area (TPSA) is 94.1 Å². The van der Waals surface area contributed by atoms with Gasteiger partial charge in [-0.2, -0.15) is 0 Å². The number of benzene rings is 2. The largest absolute Gasteiger partial charge is 0.467 e. The quantitative estimate of drug-likeness (QED) is 0.217. The van der Waals surface area contributed by atoms with E-state index in [9.17, 15) is 9.59 Å². The molecule has 0 saturated carbocycles. The van der Waals surface area contributed by atoms with Crippen LogP contribution >= 0.6 is 0 Å². The number of fused-ring (bicyclic) bond motifs is 1. The van der Waals surface area contributed by atoms with E-state index in [1.165, 1.54) is 28.2 Å². The molecule has 8 heteroatoms. The summed E-state index contributed by atoms with van der Waals surface area (Å²) in [6.45, 7) is 1.15. The molecule has 5 rings (SSSR count). The lowest BCUT2D eigenvalue weighted by atomic mass is 10.1. The maximum atomic E-state index is 12.7. The van der Waals surface area contributed by atoms with E-state index in [1.54, 1.807) is 18.4 Å². The van der Waals surface area contributed by atoms with Gasteiger partial charge in [0, 0.05) is 37.2 Å². The number of aromatic nitrogens is 4. The van der Waals surface area contributed by atoms with Gasteiger partial charge in [-0.3, -0.25) is 14.2 Å². The Morgan fingerprint density at radius 2 is 1.88 bits per heavy atom. The van der Waals surface area contributed by atoms with E-state index in [0.717, 1.165) is 28.8 Å². The number of rotatable bonds is 11. The van der Waals surface area contributed by atoms with Gasteiger partial charge in [-0.15, -0.1) is 0 Å². The molecule has 0 amide bonds. The highest BCUT2D eigenvalue weighted by Crippen LogP contribution is 2.17. The molecular weight excluding hydrogens is 502 g/mol. The van der Waals surface area contributed by atoms with Crippen LogP contribution < -0.4 is 5.56 Å². The molecule has 3 heterocycles. The number of nitrogens with zero attached hydrogens (tertiary/aromatic N) is 5. The molecule has 0 atom stereocenters. The van der Waals surface area contributed by atoms with Crippen LogP contribution in [0.25, 0.3) is 17.0 Å². The summed E-state index contributed by atoms with van der Waals surface area (Å²) in [7, 11) is 4.12. The summed E-state index contributed by atoms with van der Waals surface area (Å²) < 4.78 is 6.67. The third kappa shape index (κ3) is 6.84. The first-order chi connectivity index (χ1) is 19.4. The second-order valence-corrected chi connectivity index (χ2v) is 10.0. The fraction of sp³-hybridized carbons (Fsp3) is 0.219. The van der Waals surface area contributed by atoms with Gasteiger partial charge in [0.25, 0.3) is 5.56 Å². The van der Waals surface area contributed by atoms with Crippen LogP contribution in [0, 0.1) is 0 Å². The molecule has 8 nitrogen and oxygen atoms in total. The summed E-state index contributed by atoms with van der Waals surface area (Å²) in [5, 5.41) is 0.954. The summed E-state index contributed by atoms with van der Waals surface area (Å²) in [5.41, 5.74) is 4.07. The van der Waals surface area contributed by atoms with Crippen LogP contribution in [0.1, 0.15) is 51.5 Å². The number of carbonyl (C=O) groups excluding carboxylic acids is 1. The van der Waals surface area contributed by atoms with Crippen molar-refractivity contribution in [3.63, 3.8) is 0 Å². The van der Waals surface area contributed by atoms with E-state index in [-0.39, 0.29) is 29.9 Å². The van der Waals surface area contributed by atoms with Gasteiger partial charge in [0.2, 0.25) is 0 Å². The van der Waals surface area contributed by atoms with Gasteiger partial charge in [-0.1, -0.05) is 42.5 Å². The number of ketones is 1. The first kappa shape index (κ1) is 26.9. The maximum absolute atomic E-state index is 12.7. The number of hydrogen-bond donors (Lipinski definition) is 0. The normalized spacial score (nSPS) is 11.6. The predicted molar refractivity (Wildman–Crippen MR) is 155 cm³/mol. The van der Waals surface area contributed by atoms with Crippen LogP contribution in [0.5, 0.6) is 0 Å². The van der Waals surface area contributed by atoms with Gasteiger partial charge in [0.05, 0.1) is 24.7 Å². The lowest BCUT2D eigenvalue weighted by Gasteiger charge is -2.10. The van der Waals surface area contributed by atoms with Crippen molar-refractivity contribution in [1.29, 1.82) is 0 Å². The number of Topliss-reactive ketones (excluding diaryl/α,β-unsaturated/α-hetero) is 1. The van der Waals surface area contributed by atoms with Crippen LogP contribution in [0.15, 0.2) is 94.9 Å². The summed E-state index contributed by atoms with van der Waals surface area (Å²) in [5.74, 6) is 1.18. The lowest BCUT2D eigenvalue weighted by molar-refractivity contribution is 0.0981. The molecule has 0 spiro atoms.